The van der Waals surface area contributed by atoms with Gasteiger partial charge in [0.1, 0.15) is 11.2 Å². The Morgan fingerprint density at radius 2 is 1.63 bits per heavy atom. The second-order valence-electron chi connectivity index (χ2n) is 14.5. The fraction of sp³-hybridized carbons (Fsp3) is 0.594. The number of rotatable bonds is 7. The van der Waals surface area contributed by atoms with Gasteiger partial charge in [-0.25, -0.2) is 0 Å². The Balaban J connectivity index is 1.62. The van der Waals surface area contributed by atoms with Gasteiger partial charge in [0.2, 0.25) is 0 Å². The van der Waals surface area contributed by atoms with Crippen LogP contribution in [-0.2, 0) is 34.6 Å². The van der Waals surface area contributed by atoms with Crippen molar-refractivity contribution in [2.24, 2.45) is 0 Å². The summed E-state index contributed by atoms with van der Waals surface area (Å²) in [6.07, 6.45) is -5.95. The number of nitrogens with zero attached hydrogens (tertiary/aromatic N) is 3. The predicted molar refractivity (Wildman–Crippen MR) is 185 cm³/mol. The third-order valence-electron chi connectivity index (χ3n) is 6.71. The number of methoxy groups -OCH3 is 1. The van der Waals surface area contributed by atoms with Gasteiger partial charge in [-0.05, 0) is 41.5 Å². The number of aromatic nitrogens is 2. The van der Waals surface area contributed by atoms with Crippen molar-refractivity contribution in [2.75, 3.05) is 18.6 Å². The molecule has 0 unspecified atom stereocenters. The molecule has 0 radical (unpaired) electrons. The second kappa shape index (κ2) is 15.1. The molecule has 1 aromatic carbocycles. The van der Waals surface area contributed by atoms with E-state index in [4.69, 9.17) is 37.3 Å². The number of carbonyl (C=O) groups excluding carboxylic acids is 3. The van der Waals surface area contributed by atoms with Gasteiger partial charge in [0.25, 0.3) is 0 Å². The topological polar surface area (TPSA) is 183 Å². The van der Waals surface area contributed by atoms with Crippen molar-refractivity contribution in [3.05, 3.63) is 46.5 Å². The van der Waals surface area contributed by atoms with Crippen LogP contribution in [0.2, 0.25) is 0 Å². The summed E-state index contributed by atoms with van der Waals surface area (Å²) in [5.41, 5.74) is -3.46. The van der Waals surface area contributed by atoms with Gasteiger partial charge < -0.3 is 0 Å². The van der Waals surface area contributed by atoms with E-state index in [9.17, 15) is 24.1 Å². The zero-order valence-corrected chi connectivity index (χ0v) is 31.9. The van der Waals surface area contributed by atoms with E-state index in [0.717, 1.165) is 28.6 Å². The minimum atomic E-state index is -4.38. The van der Waals surface area contributed by atoms with Crippen LogP contribution in [0.3, 0.4) is 0 Å². The summed E-state index contributed by atoms with van der Waals surface area (Å²) in [4.78, 5) is 67.8. The molecule has 3 heterocycles. The van der Waals surface area contributed by atoms with Crippen molar-refractivity contribution in [2.45, 2.75) is 109 Å². The summed E-state index contributed by atoms with van der Waals surface area (Å²) in [5.74, 6) is 0.129. The fourth-order valence-corrected chi connectivity index (χ4v) is 7.72. The number of ether oxygens (including phenoxy) is 5. The second-order valence-corrected chi connectivity index (χ2v) is 17.7. The number of benzene rings is 1. The van der Waals surface area contributed by atoms with E-state index in [1.165, 1.54) is 7.11 Å². The molecular formula is C32H45FN3O13PS. The van der Waals surface area contributed by atoms with Crippen LogP contribution in [0.25, 0.3) is 0 Å². The van der Waals surface area contributed by atoms with Gasteiger partial charge in [0, 0.05) is 0 Å². The molecule has 2 amide bonds. The molecule has 0 bridgehead atoms. The molecule has 16 nitrogen and oxygen atoms in total. The number of carbonyl (C=O) groups is 3. The Labute approximate surface area is 299 Å². The van der Waals surface area contributed by atoms with Gasteiger partial charge in [0.05, 0.1) is 0 Å². The van der Waals surface area contributed by atoms with Gasteiger partial charge >= 0.3 is 247 Å². The Morgan fingerprint density at radius 1 is 1.02 bits per heavy atom. The third-order valence-corrected chi connectivity index (χ3v) is 9.73. The summed E-state index contributed by atoms with van der Waals surface area (Å²) in [6, 6.07) is 6.22. The summed E-state index contributed by atoms with van der Waals surface area (Å²) >= 11 is 0.846. The molecule has 0 aliphatic carbocycles. The number of amides is 2. The number of alkyl halides is 1. The molecular weight excluding hydrogens is 716 g/mol. The Bertz CT molecular complexity index is 1630. The zero-order valence-electron chi connectivity index (χ0n) is 30.1. The number of para-hydroxylation sites is 1. The average Bonchev–Trinajstić information content (AvgIpc) is 3.27. The van der Waals surface area contributed by atoms with Crippen LogP contribution in [0.4, 0.5) is 24.6 Å². The van der Waals surface area contributed by atoms with Gasteiger partial charge in [0.15, 0.2) is 0 Å². The van der Waals surface area contributed by atoms with Crippen LogP contribution in [0.1, 0.15) is 73.3 Å². The molecule has 1 N–H and O–H groups in total. The van der Waals surface area contributed by atoms with Gasteiger partial charge in [-0.1, -0.05) is 0 Å². The van der Waals surface area contributed by atoms with Crippen molar-refractivity contribution >= 4 is 44.1 Å². The monoisotopic (exact) mass is 761 g/mol. The van der Waals surface area contributed by atoms with Crippen LogP contribution in [0.5, 0.6) is 11.5 Å². The molecule has 1 fully saturated rings. The van der Waals surface area contributed by atoms with Crippen molar-refractivity contribution in [3.63, 3.8) is 0 Å². The molecule has 0 saturated carbocycles. The van der Waals surface area contributed by atoms with Crippen LogP contribution in [-0.4, -0.2) is 80.8 Å². The molecule has 19 heteroatoms. The quantitative estimate of drug-likeness (QED) is 0.190. The van der Waals surface area contributed by atoms with Gasteiger partial charge in [-0.15, -0.1) is 0 Å². The first-order chi connectivity index (χ1) is 23.5. The number of hydrogen-bond acceptors (Lipinski definition) is 15. The van der Waals surface area contributed by atoms with Crippen LogP contribution < -0.4 is 19.9 Å². The molecule has 4 rings (SSSR count). The van der Waals surface area contributed by atoms with Crippen molar-refractivity contribution in [1.29, 1.82) is 0 Å². The van der Waals surface area contributed by atoms with Crippen LogP contribution in [0, 0.1) is 0 Å². The maximum absolute atomic E-state index is 16.3. The van der Waals surface area contributed by atoms with E-state index < -0.39 is 84.3 Å². The van der Waals surface area contributed by atoms with Gasteiger partial charge in [-0.3, -0.25) is 0 Å². The summed E-state index contributed by atoms with van der Waals surface area (Å²) in [5, 5.41) is -2.39. The molecule has 0 spiro atoms. The Morgan fingerprint density at radius 3 is 2.18 bits per heavy atom. The first kappa shape index (κ1) is 40.1. The van der Waals surface area contributed by atoms with E-state index >= 15 is 4.39 Å². The van der Waals surface area contributed by atoms with Gasteiger partial charge in [-0.2, -0.15) is 0 Å². The number of fused-ring (bicyclic) bond motifs is 1. The fourth-order valence-electron chi connectivity index (χ4n) is 4.71. The SMILES string of the molecule is COc1cccc2c1O[PH](O)(OC[C@H]1S[C@@H](n3ccc(N(C(=O)OC(C)(C)C)C(=O)OC(C)(C)C)nc3=O)[C@@H](F)[C@@H]1OC(=O)OC(C)(C)C)OC2. The number of anilines is 1. The number of thioether (sulfide) groups is 1. The molecule has 1 saturated heterocycles. The van der Waals surface area contributed by atoms with E-state index in [1.807, 2.05) is 0 Å². The summed E-state index contributed by atoms with van der Waals surface area (Å²) in [7, 11) is -2.95. The maximum atomic E-state index is 16.3. The average molecular weight is 762 g/mol. The number of imide groups is 1. The third kappa shape index (κ3) is 10.4. The van der Waals surface area contributed by atoms with Crippen molar-refractivity contribution in [1.82, 2.24) is 9.55 Å². The minimum absolute atomic E-state index is 0.0592. The molecule has 1 aromatic heterocycles. The molecule has 51 heavy (non-hydrogen) atoms. The van der Waals surface area contributed by atoms with E-state index in [1.54, 1.807) is 80.5 Å². The summed E-state index contributed by atoms with van der Waals surface area (Å²) in [6.45, 7) is 13.8. The predicted octanol–water partition coefficient (Wildman–Crippen LogP) is 6.23. The van der Waals surface area contributed by atoms with E-state index in [0.29, 0.717) is 16.2 Å². The number of hydrogen-bond donors (Lipinski definition) is 1. The van der Waals surface area contributed by atoms with Crippen LogP contribution >= 0.6 is 19.9 Å². The molecule has 4 atom stereocenters. The number of halogens is 1. The first-order valence-electron chi connectivity index (χ1n) is 15.9. The summed E-state index contributed by atoms with van der Waals surface area (Å²) < 4.78 is 60.9. The normalized spacial score (nSPS) is 22.1. The van der Waals surface area contributed by atoms with Crippen molar-refractivity contribution in [3.8, 4) is 11.5 Å². The van der Waals surface area contributed by atoms with E-state index in [2.05, 4.69) is 4.98 Å². The Hall–Kier alpha value is -3.70. The zero-order chi connectivity index (χ0) is 38.1. The molecule has 2 aliphatic rings. The van der Waals surface area contributed by atoms with Crippen LogP contribution in [0.15, 0.2) is 35.3 Å². The Kier molecular flexibility index (Phi) is 11.9. The molecule has 2 aromatic rings. The standard InChI is InChI=1S/C32H45FN3O13PS/c1-30(2,3)46-27(38)36(28(39)47-31(4,5)6)21-14-15-35(26(37)34-21)25-22(33)24(45-29(40)48-32(7,8)9)20(51-25)17-44-50(41)43-16-18-12-11-13-19(42-10)23(18)49-50/h11-15,20,22,24-25,41,50H,16-17H2,1-10H3/t20-,22+,24-,25-/m1/s1. The molecule has 284 valence electrons. The van der Waals surface area contributed by atoms with E-state index in [-0.39, 0.29) is 12.4 Å². The van der Waals surface area contributed by atoms with Crippen molar-refractivity contribution < 1.29 is 60.9 Å². The first-order valence-corrected chi connectivity index (χ1v) is 18.5. The molecule has 2 aliphatic heterocycles.